The average molecular weight is 474 g/mol. The zero-order valence-electron chi connectivity index (χ0n) is 17.6. The van der Waals surface area contributed by atoms with Gasteiger partial charge in [-0.15, -0.1) is 38.0 Å². The lowest BCUT2D eigenvalue weighted by molar-refractivity contribution is 0.0698. The molecular weight excluding hydrogens is 449 g/mol. The predicted molar refractivity (Wildman–Crippen MR) is 135 cm³/mol. The van der Waals surface area contributed by atoms with Gasteiger partial charge in [0.15, 0.2) is 0 Å². The number of anilines is 2. The maximum atomic E-state index is 12.5. The molecule has 0 aliphatic carbocycles. The number of benzene rings is 2. The number of carbonyl (C=O) groups is 2. The Bertz CT molecular complexity index is 1120. The first-order valence-electron chi connectivity index (χ1n) is 9.45. The number of hydrogen-bond donors (Lipinski definition) is 2. The zero-order valence-corrected chi connectivity index (χ0v) is 19.2. The van der Waals surface area contributed by atoms with Crippen molar-refractivity contribution in [3.8, 4) is 0 Å². The second kappa shape index (κ2) is 11.9. The van der Waals surface area contributed by atoms with Crippen LogP contribution in [0.4, 0.5) is 11.5 Å². The number of aromatic nitrogens is 1. The molecule has 168 valence electrons. The molecule has 0 radical (unpaired) electrons. The highest BCUT2D eigenvalue weighted by molar-refractivity contribution is 6.08. The maximum absolute atomic E-state index is 12.5. The summed E-state index contributed by atoms with van der Waals surface area (Å²) in [5, 5.41) is 13.0. The number of pyridine rings is 1. The summed E-state index contributed by atoms with van der Waals surface area (Å²) in [4.78, 5) is 30.9. The summed E-state index contributed by atoms with van der Waals surface area (Å²) >= 11 is 0. The molecule has 6 nitrogen and oxygen atoms in total. The molecule has 0 fully saturated rings. The van der Waals surface area contributed by atoms with E-state index in [9.17, 15) is 14.7 Å². The largest absolute Gasteiger partial charge is 0.478 e. The molecule has 0 aliphatic rings. The van der Waals surface area contributed by atoms with Crippen LogP contribution < -0.4 is 10.2 Å². The van der Waals surface area contributed by atoms with Gasteiger partial charge in [-0.05, 0) is 43.3 Å². The van der Waals surface area contributed by atoms with E-state index < -0.39 is 5.97 Å². The van der Waals surface area contributed by atoms with E-state index >= 15 is 0 Å². The van der Waals surface area contributed by atoms with Crippen molar-refractivity contribution in [2.75, 3.05) is 23.3 Å². The van der Waals surface area contributed by atoms with Crippen molar-refractivity contribution in [1.29, 1.82) is 0 Å². The smallest absolute Gasteiger partial charge is 0.336 e. The number of nitrogens with one attached hydrogen (secondary N) is 1. The molecule has 32 heavy (non-hydrogen) atoms. The molecule has 0 saturated heterocycles. The van der Waals surface area contributed by atoms with Gasteiger partial charge in [-0.2, -0.15) is 0 Å². The van der Waals surface area contributed by atoms with Crippen LogP contribution in [0.1, 0.15) is 26.3 Å². The Balaban J connectivity index is 0.00000256. The standard InChI is InChI=1S/C24H23N3O3.2ClH/c1-4-12-27(13-5-2)22-15-20(24(29)30)19-14-18(10-11-21(19)26-22)25-23(28)17-8-6-16(3)7-9-17;;/h4-11,14-15H,1-2,12-13H2,3H3,(H,25,28)(H,29,30);2*1H. The van der Waals surface area contributed by atoms with Crippen molar-refractivity contribution in [1.82, 2.24) is 4.98 Å². The minimum Gasteiger partial charge on any atom is -0.478 e. The van der Waals surface area contributed by atoms with Crippen molar-refractivity contribution in [2.45, 2.75) is 6.92 Å². The van der Waals surface area contributed by atoms with Crippen LogP contribution in [-0.4, -0.2) is 35.1 Å². The Kier molecular flexibility index (Phi) is 9.91. The van der Waals surface area contributed by atoms with Crippen LogP contribution in [0.25, 0.3) is 10.9 Å². The molecule has 3 aromatic rings. The van der Waals surface area contributed by atoms with Gasteiger partial charge in [-0.25, -0.2) is 9.78 Å². The predicted octanol–water partition coefficient (Wildman–Crippen LogP) is 5.52. The minimum atomic E-state index is -1.07. The van der Waals surface area contributed by atoms with Crippen molar-refractivity contribution in [3.63, 3.8) is 0 Å². The fourth-order valence-electron chi connectivity index (χ4n) is 3.11. The second-order valence-corrected chi connectivity index (χ2v) is 6.87. The lowest BCUT2D eigenvalue weighted by Gasteiger charge is -2.21. The third kappa shape index (κ3) is 6.09. The van der Waals surface area contributed by atoms with Gasteiger partial charge < -0.3 is 15.3 Å². The van der Waals surface area contributed by atoms with Gasteiger partial charge in [0.05, 0.1) is 11.1 Å². The summed E-state index contributed by atoms with van der Waals surface area (Å²) in [6, 6.07) is 13.8. The number of hydrogen-bond acceptors (Lipinski definition) is 4. The second-order valence-electron chi connectivity index (χ2n) is 6.87. The Morgan fingerprint density at radius 2 is 1.66 bits per heavy atom. The van der Waals surface area contributed by atoms with E-state index in [1.807, 2.05) is 24.0 Å². The molecule has 2 N–H and O–H groups in total. The normalized spacial score (nSPS) is 9.78. The molecule has 1 aromatic heterocycles. The summed E-state index contributed by atoms with van der Waals surface area (Å²) in [7, 11) is 0. The third-order valence-corrected chi connectivity index (χ3v) is 4.62. The van der Waals surface area contributed by atoms with Gasteiger partial charge in [-0.3, -0.25) is 4.79 Å². The Morgan fingerprint density at radius 1 is 1.03 bits per heavy atom. The molecule has 0 spiro atoms. The van der Waals surface area contributed by atoms with Crippen LogP contribution in [-0.2, 0) is 0 Å². The maximum Gasteiger partial charge on any atom is 0.336 e. The number of rotatable bonds is 8. The Labute approximate surface area is 199 Å². The topological polar surface area (TPSA) is 82.5 Å². The molecule has 2 aromatic carbocycles. The van der Waals surface area contributed by atoms with Gasteiger partial charge in [0, 0.05) is 29.7 Å². The summed E-state index contributed by atoms with van der Waals surface area (Å²) in [6.45, 7) is 10.4. The molecule has 0 aliphatic heterocycles. The van der Waals surface area contributed by atoms with Crippen molar-refractivity contribution < 1.29 is 14.7 Å². The van der Waals surface area contributed by atoms with Gasteiger partial charge >= 0.3 is 5.97 Å². The van der Waals surface area contributed by atoms with Gasteiger partial charge in [0.1, 0.15) is 5.82 Å². The first-order chi connectivity index (χ1) is 14.4. The van der Waals surface area contributed by atoms with Gasteiger partial charge in [0.2, 0.25) is 0 Å². The molecule has 0 bridgehead atoms. The van der Waals surface area contributed by atoms with E-state index in [1.165, 1.54) is 6.07 Å². The van der Waals surface area contributed by atoms with E-state index in [0.717, 1.165) is 5.56 Å². The van der Waals surface area contributed by atoms with Crippen molar-refractivity contribution in [2.24, 2.45) is 0 Å². The SMILES string of the molecule is C=CCN(CC=C)c1cc(C(=O)O)c2cc(NC(=O)c3ccc(C)cc3)ccc2n1.Cl.Cl. The summed E-state index contributed by atoms with van der Waals surface area (Å²) < 4.78 is 0. The highest BCUT2D eigenvalue weighted by Gasteiger charge is 2.16. The molecule has 1 heterocycles. The number of nitrogens with zero attached hydrogens (tertiary/aromatic N) is 2. The summed E-state index contributed by atoms with van der Waals surface area (Å²) in [6.07, 6.45) is 3.44. The zero-order chi connectivity index (χ0) is 21.7. The molecular formula is C24H25Cl2N3O3. The Morgan fingerprint density at radius 3 is 2.22 bits per heavy atom. The quantitative estimate of drug-likeness (QED) is 0.421. The molecule has 0 saturated carbocycles. The number of aromatic carboxylic acids is 1. The first-order valence-corrected chi connectivity index (χ1v) is 9.45. The Hall–Kier alpha value is -3.35. The minimum absolute atomic E-state index is 0. The number of amides is 1. The third-order valence-electron chi connectivity index (χ3n) is 4.62. The van der Waals surface area contributed by atoms with Crippen LogP contribution in [0.2, 0.25) is 0 Å². The van der Waals surface area contributed by atoms with Crippen LogP contribution in [0.3, 0.4) is 0 Å². The van der Waals surface area contributed by atoms with Crippen LogP contribution in [0.5, 0.6) is 0 Å². The molecule has 1 amide bonds. The highest BCUT2D eigenvalue weighted by atomic mass is 35.5. The number of carbonyl (C=O) groups excluding carboxylic acids is 1. The van der Waals surface area contributed by atoms with Crippen molar-refractivity contribution >= 4 is 59.1 Å². The fraction of sp³-hybridized carbons (Fsp3) is 0.125. The fourth-order valence-corrected chi connectivity index (χ4v) is 3.11. The molecule has 0 atom stereocenters. The molecule has 3 rings (SSSR count). The monoisotopic (exact) mass is 473 g/mol. The average Bonchev–Trinajstić information content (AvgIpc) is 2.73. The van der Waals surface area contributed by atoms with Crippen molar-refractivity contribution in [3.05, 3.63) is 90.5 Å². The number of carboxylic acids is 1. The van der Waals surface area contributed by atoms with E-state index in [2.05, 4.69) is 23.5 Å². The van der Waals surface area contributed by atoms with Crippen LogP contribution in [0.15, 0.2) is 73.8 Å². The van der Waals surface area contributed by atoms with Gasteiger partial charge in [0.25, 0.3) is 5.91 Å². The van der Waals surface area contributed by atoms with Crippen LogP contribution >= 0.6 is 24.8 Å². The number of carboxylic acid groups (broad SMARTS) is 1. The van der Waals surface area contributed by atoms with E-state index in [1.54, 1.807) is 42.5 Å². The van der Waals surface area contributed by atoms with E-state index in [4.69, 9.17) is 0 Å². The number of halogens is 2. The lowest BCUT2D eigenvalue weighted by atomic mass is 10.1. The summed E-state index contributed by atoms with van der Waals surface area (Å²) in [5.41, 5.74) is 2.72. The highest BCUT2D eigenvalue weighted by Crippen LogP contribution is 2.26. The molecule has 0 unspecified atom stereocenters. The summed E-state index contributed by atoms with van der Waals surface area (Å²) in [5.74, 6) is -0.807. The number of fused-ring (bicyclic) bond motifs is 1. The van der Waals surface area contributed by atoms with E-state index in [-0.39, 0.29) is 36.3 Å². The first kappa shape index (κ1) is 26.7. The molecule has 8 heteroatoms. The lowest BCUT2D eigenvalue weighted by Crippen LogP contribution is -2.24. The number of aryl methyl sites for hydroxylation is 1. The van der Waals surface area contributed by atoms with Crippen LogP contribution in [0, 0.1) is 6.92 Å². The van der Waals surface area contributed by atoms with E-state index in [0.29, 0.717) is 41.1 Å². The van der Waals surface area contributed by atoms with Gasteiger partial charge in [-0.1, -0.05) is 29.8 Å².